The van der Waals surface area contributed by atoms with Crippen LogP contribution in [0.4, 0.5) is 4.79 Å². The number of carbonyl (C=O) groups is 1. The number of aliphatic hydroxyl groups excluding tert-OH is 1. The minimum Gasteiger partial charge on any atom is -0.493 e. The topological polar surface area (TPSA) is 61.8 Å². The zero-order valence-electron chi connectivity index (χ0n) is 13.3. The Balaban J connectivity index is 1.97. The number of fused-ring (bicyclic) bond motifs is 1. The van der Waals surface area contributed by atoms with Crippen LogP contribution in [0.5, 0.6) is 5.75 Å². The molecule has 1 aromatic rings. The first-order valence-corrected chi connectivity index (χ1v) is 8.14. The van der Waals surface area contributed by atoms with Gasteiger partial charge in [-0.3, -0.25) is 0 Å². The monoisotopic (exact) mass is 306 g/mol. The van der Waals surface area contributed by atoms with Crippen LogP contribution in [-0.2, 0) is 0 Å². The molecule has 0 aliphatic carbocycles. The van der Waals surface area contributed by atoms with Gasteiger partial charge in [0, 0.05) is 25.1 Å². The van der Waals surface area contributed by atoms with E-state index in [-0.39, 0.29) is 18.7 Å². The van der Waals surface area contributed by atoms with E-state index in [9.17, 15) is 4.79 Å². The molecule has 0 fully saturated rings. The SMILES string of the molecule is CCCCCN(CCO)C(=O)NC1CCOc2ccccc21. The molecule has 1 aromatic carbocycles. The van der Waals surface area contributed by atoms with E-state index in [1.54, 1.807) is 4.90 Å². The largest absolute Gasteiger partial charge is 0.493 e. The highest BCUT2D eigenvalue weighted by atomic mass is 16.5. The summed E-state index contributed by atoms with van der Waals surface area (Å²) in [6.07, 6.45) is 3.94. The average molecular weight is 306 g/mol. The van der Waals surface area contributed by atoms with Gasteiger partial charge < -0.3 is 20.1 Å². The van der Waals surface area contributed by atoms with E-state index in [0.717, 1.165) is 37.0 Å². The van der Waals surface area contributed by atoms with Crippen LogP contribution in [-0.4, -0.2) is 42.3 Å². The number of benzene rings is 1. The maximum atomic E-state index is 12.5. The second-order valence-corrected chi connectivity index (χ2v) is 5.59. The predicted molar refractivity (Wildman–Crippen MR) is 86.0 cm³/mol. The van der Waals surface area contributed by atoms with Crippen molar-refractivity contribution in [2.24, 2.45) is 0 Å². The van der Waals surface area contributed by atoms with Crippen molar-refractivity contribution in [3.63, 3.8) is 0 Å². The van der Waals surface area contributed by atoms with Gasteiger partial charge in [0.25, 0.3) is 0 Å². The molecule has 1 aliphatic heterocycles. The molecule has 1 heterocycles. The first kappa shape index (κ1) is 16.6. The van der Waals surface area contributed by atoms with E-state index >= 15 is 0 Å². The standard InChI is InChI=1S/C17H26N2O3/c1-2-3-6-10-19(11-12-20)17(21)18-15-9-13-22-16-8-5-4-7-14(15)16/h4-5,7-8,15,20H,2-3,6,9-13H2,1H3,(H,18,21). The summed E-state index contributed by atoms with van der Waals surface area (Å²) in [6, 6.07) is 7.69. The number of rotatable bonds is 7. The Labute approximate surface area is 132 Å². The number of nitrogens with one attached hydrogen (secondary N) is 1. The first-order chi connectivity index (χ1) is 10.8. The van der Waals surface area contributed by atoms with Crippen LogP contribution in [0.1, 0.15) is 44.2 Å². The van der Waals surface area contributed by atoms with Crippen molar-refractivity contribution < 1.29 is 14.6 Å². The lowest BCUT2D eigenvalue weighted by Gasteiger charge is -2.30. The van der Waals surface area contributed by atoms with Gasteiger partial charge in [0.1, 0.15) is 5.75 Å². The molecule has 2 rings (SSSR count). The number of urea groups is 1. The lowest BCUT2D eigenvalue weighted by Crippen LogP contribution is -2.44. The summed E-state index contributed by atoms with van der Waals surface area (Å²) in [4.78, 5) is 14.2. The summed E-state index contributed by atoms with van der Waals surface area (Å²) in [5, 5.41) is 12.2. The minimum atomic E-state index is -0.105. The molecule has 22 heavy (non-hydrogen) atoms. The smallest absolute Gasteiger partial charge is 0.317 e. The molecule has 122 valence electrons. The van der Waals surface area contributed by atoms with E-state index < -0.39 is 0 Å². The van der Waals surface area contributed by atoms with Gasteiger partial charge in [-0.2, -0.15) is 0 Å². The van der Waals surface area contributed by atoms with Gasteiger partial charge in [0.15, 0.2) is 0 Å². The van der Waals surface area contributed by atoms with Gasteiger partial charge in [0.2, 0.25) is 0 Å². The maximum absolute atomic E-state index is 12.5. The van der Waals surface area contributed by atoms with Gasteiger partial charge in [-0.25, -0.2) is 4.79 Å². The highest BCUT2D eigenvalue weighted by Gasteiger charge is 2.24. The first-order valence-electron chi connectivity index (χ1n) is 8.14. The fraction of sp³-hybridized carbons (Fsp3) is 0.588. The van der Waals surface area contributed by atoms with Crippen molar-refractivity contribution >= 4 is 6.03 Å². The van der Waals surface area contributed by atoms with E-state index in [1.807, 2.05) is 24.3 Å². The fourth-order valence-corrected chi connectivity index (χ4v) is 2.72. The average Bonchev–Trinajstić information content (AvgIpc) is 2.54. The molecule has 2 amide bonds. The Hall–Kier alpha value is -1.75. The number of para-hydroxylation sites is 1. The van der Waals surface area contributed by atoms with Crippen molar-refractivity contribution in [1.29, 1.82) is 0 Å². The van der Waals surface area contributed by atoms with Crippen LogP contribution < -0.4 is 10.1 Å². The number of hydrogen-bond acceptors (Lipinski definition) is 3. The Kier molecular flexibility index (Phi) is 6.52. The van der Waals surface area contributed by atoms with Gasteiger partial charge in [0.05, 0.1) is 19.3 Å². The molecule has 0 saturated carbocycles. The molecule has 0 bridgehead atoms. The molecule has 1 unspecified atom stereocenters. The molecule has 5 nitrogen and oxygen atoms in total. The molecule has 0 radical (unpaired) electrons. The summed E-state index contributed by atoms with van der Waals surface area (Å²) >= 11 is 0. The third kappa shape index (κ3) is 4.37. The number of carbonyl (C=O) groups excluding carboxylic acids is 1. The van der Waals surface area contributed by atoms with Crippen molar-refractivity contribution in [3.05, 3.63) is 29.8 Å². The van der Waals surface area contributed by atoms with Gasteiger partial charge in [-0.15, -0.1) is 0 Å². The predicted octanol–water partition coefficient (Wildman–Crippen LogP) is 2.70. The third-order valence-corrected chi connectivity index (χ3v) is 3.94. The molecular formula is C17H26N2O3. The molecule has 0 spiro atoms. The highest BCUT2D eigenvalue weighted by Crippen LogP contribution is 2.31. The second kappa shape index (κ2) is 8.63. The van der Waals surface area contributed by atoms with Crippen LogP contribution in [0, 0.1) is 0 Å². The van der Waals surface area contributed by atoms with Crippen LogP contribution in [0.3, 0.4) is 0 Å². The molecule has 5 heteroatoms. The maximum Gasteiger partial charge on any atom is 0.317 e. The van der Waals surface area contributed by atoms with Gasteiger partial charge in [-0.1, -0.05) is 38.0 Å². The van der Waals surface area contributed by atoms with Crippen LogP contribution >= 0.6 is 0 Å². The van der Waals surface area contributed by atoms with Crippen LogP contribution in [0.25, 0.3) is 0 Å². The van der Waals surface area contributed by atoms with Crippen LogP contribution in [0.15, 0.2) is 24.3 Å². The molecule has 2 N–H and O–H groups in total. The summed E-state index contributed by atoms with van der Waals surface area (Å²) in [7, 11) is 0. The van der Waals surface area contributed by atoms with Gasteiger partial charge in [-0.05, 0) is 12.5 Å². The van der Waals surface area contributed by atoms with Crippen molar-refractivity contribution in [2.45, 2.75) is 38.6 Å². The second-order valence-electron chi connectivity index (χ2n) is 5.59. The third-order valence-electron chi connectivity index (χ3n) is 3.94. The zero-order valence-corrected chi connectivity index (χ0v) is 13.3. The number of unbranched alkanes of at least 4 members (excludes halogenated alkanes) is 2. The van der Waals surface area contributed by atoms with Crippen LogP contribution in [0.2, 0.25) is 0 Å². The Bertz CT molecular complexity index is 479. The Morgan fingerprint density at radius 3 is 2.95 bits per heavy atom. The molecular weight excluding hydrogens is 280 g/mol. The van der Waals surface area contributed by atoms with Crippen molar-refractivity contribution in [1.82, 2.24) is 10.2 Å². The Morgan fingerprint density at radius 2 is 2.18 bits per heavy atom. The quantitative estimate of drug-likeness (QED) is 0.761. The van der Waals surface area contributed by atoms with E-state index in [0.29, 0.717) is 19.7 Å². The number of aliphatic hydroxyl groups is 1. The molecule has 1 atom stereocenters. The minimum absolute atomic E-state index is 0.0100. The summed E-state index contributed by atoms with van der Waals surface area (Å²) in [6.45, 7) is 3.79. The van der Waals surface area contributed by atoms with E-state index in [4.69, 9.17) is 9.84 Å². The normalized spacial score (nSPS) is 16.5. The number of ether oxygens (including phenoxy) is 1. The highest BCUT2D eigenvalue weighted by molar-refractivity contribution is 5.75. The number of hydrogen-bond donors (Lipinski definition) is 2. The molecule has 0 saturated heterocycles. The summed E-state index contributed by atoms with van der Waals surface area (Å²) < 4.78 is 5.62. The summed E-state index contributed by atoms with van der Waals surface area (Å²) in [5.41, 5.74) is 1.03. The lowest BCUT2D eigenvalue weighted by molar-refractivity contribution is 0.168. The number of nitrogens with zero attached hydrogens (tertiary/aromatic N) is 1. The van der Waals surface area contributed by atoms with Crippen molar-refractivity contribution in [3.8, 4) is 5.75 Å². The Morgan fingerprint density at radius 1 is 1.36 bits per heavy atom. The van der Waals surface area contributed by atoms with Gasteiger partial charge >= 0.3 is 6.03 Å². The zero-order chi connectivity index (χ0) is 15.8. The van der Waals surface area contributed by atoms with E-state index in [2.05, 4.69) is 12.2 Å². The van der Waals surface area contributed by atoms with E-state index in [1.165, 1.54) is 0 Å². The fourth-order valence-electron chi connectivity index (χ4n) is 2.72. The summed E-state index contributed by atoms with van der Waals surface area (Å²) in [5.74, 6) is 0.846. The molecule has 1 aliphatic rings. The molecule has 0 aromatic heterocycles. The van der Waals surface area contributed by atoms with Crippen molar-refractivity contribution in [2.75, 3.05) is 26.3 Å². The number of amides is 2. The lowest BCUT2D eigenvalue weighted by atomic mass is 10.0.